The summed E-state index contributed by atoms with van der Waals surface area (Å²) in [5.41, 5.74) is 0.865. The Morgan fingerprint density at radius 1 is 1.48 bits per heavy atom. The quantitative estimate of drug-likeness (QED) is 0.450. The van der Waals surface area contributed by atoms with Gasteiger partial charge < -0.3 is 14.0 Å². The fourth-order valence-corrected chi connectivity index (χ4v) is 2.95. The van der Waals surface area contributed by atoms with Gasteiger partial charge in [-0.3, -0.25) is 4.79 Å². The van der Waals surface area contributed by atoms with E-state index in [1.54, 1.807) is 22.9 Å². The second kappa shape index (κ2) is 7.27. The maximum atomic E-state index is 12.3. The molecule has 0 spiro atoms. The molecule has 6 heteroatoms. The van der Waals surface area contributed by atoms with E-state index in [1.165, 1.54) is 13.2 Å². The van der Waals surface area contributed by atoms with E-state index in [9.17, 15) is 9.59 Å². The number of carbonyl (C=O) groups excluding carboxylic acids is 2. The average molecular weight is 340 g/mol. The topological polar surface area (TPSA) is 81.3 Å². The van der Waals surface area contributed by atoms with Crippen molar-refractivity contribution in [3.8, 4) is 18.4 Å². The van der Waals surface area contributed by atoms with Gasteiger partial charge in [-0.2, -0.15) is 5.26 Å². The molecule has 1 aromatic rings. The highest BCUT2D eigenvalue weighted by atomic mass is 16.5. The van der Waals surface area contributed by atoms with Crippen LogP contribution in [0.3, 0.4) is 0 Å². The number of hydrogen-bond donors (Lipinski definition) is 0. The fraction of sp³-hybridized carbons (Fsp3) is 0.421. The average Bonchev–Trinajstić information content (AvgIpc) is 2.93. The molecular formula is C19H20N2O4. The van der Waals surface area contributed by atoms with Crippen LogP contribution in [0.5, 0.6) is 0 Å². The normalized spacial score (nSPS) is 20.5. The van der Waals surface area contributed by atoms with Crippen molar-refractivity contribution in [3.63, 3.8) is 0 Å². The number of hydrogen-bond acceptors (Lipinski definition) is 5. The summed E-state index contributed by atoms with van der Waals surface area (Å²) in [7, 11) is 1.30. The summed E-state index contributed by atoms with van der Waals surface area (Å²) in [4.78, 5) is 23.5. The van der Waals surface area contributed by atoms with E-state index < -0.39 is 5.97 Å². The van der Waals surface area contributed by atoms with Crippen molar-refractivity contribution in [1.82, 2.24) is 4.57 Å². The summed E-state index contributed by atoms with van der Waals surface area (Å²) >= 11 is 0. The first-order valence-electron chi connectivity index (χ1n) is 7.80. The van der Waals surface area contributed by atoms with Crippen LogP contribution >= 0.6 is 0 Å². The number of esters is 2. The maximum absolute atomic E-state index is 12.3. The predicted molar refractivity (Wildman–Crippen MR) is 89.7 cm³/mol. The van der Waals surface area contributed by atoms with Crippen LogP contribution < -0.4 is 0 Å². The van der Waals surface area contributed by atoms with Gasteiger partial charge in [0.15, 0.2) is 0 Å². The second-order valence-corrected chi connectivity index (χ2v) is 6.49. The predicted octanol–water partition coefficient (Wildman–Crippen LogP) is 2.04. The third-order valence-electron chi connectivity index (χ3n) is 4.52. The highest BCUT2D eigenvalue weighted by Gasteiger charge is 2.61. The minimum absolute atomic E-state index is 0.0696. The second-order valence-electron chi connectivity index (χ2n) is 6.49. The van der Waals surface area contributed by atoms with Crippen LogP contribution in [0.2, 0.25) is 0 Å². The molecule has 0 amide bonds. The van der Waals surface area contributed by atoms with Crippen molar-refractivity contribution in [2.75, 3.05) is 7.11 Å². The van der Waals surface area contributed by atoms with Crippen molar-refractivity contribution < 1.29 is 19.1 Å². The Bertz CT molecular complexity index is 789. The lowest BCUT2D eigenvalue weighted by molar-refractivity contribution is -0.147. The summed E-state index contributed by atoms with van der Waals surface area (Å²) in [6.07, 6.45) is 9.99. The van der Waals surface area contributed by atoms with Gasteiger partial charge in [-0.25, -0.2) is 4.79 Å². The number of ether oxygens (including phenoxy) is 2. The van der Waals surface area contributed by atoms with E-state index in [-0.39, 0.29) is 36.4 Å². The van der Waals surface area contributed by atoms with Gasteiger partial charge in [-0.05, 0) is 17.4 Å². The molecule has 0 saturated heterocycles. The number of allylic oxidation sites excluding steroid dienone is 1. The largest absolute Gasteiger partial charge is 0.466 e. The lowest BCUT2D eigenvalue weighted by Crippen LogP contribution is -2.10. The molecule has 0 aromatic carbocycles. The zero-order chi connectivity index (χ0) is 18.6. The molecule has 2 atom stereocenters. The van der Waals surface area contributed by atoms with Crippen molar-refractivity contribution in [2.24, 2.45) is 17.3 Å². The molecule has 1 aliphatic carbocycles. The molecule has 6 nitrogen and oxygen atoms in total. The van der Waals surface area contributed by atoms with E-state index in [0.29, 0.717) is 11.3 Å². The van der Waals surface area contributed by atoms with Gasteiger partial charge in [-0.15, -0.1) is 6.42 Å². The summed E-state index contributed by atoms with van der Waals surface area (Å²) in [5.74, 6) is 1.31. The standard InChI is InChI=1S/C19H20N2O4/c1-5-8-21-11-13(9-14(21)10-20)12-25-18(23)17-15(19(17,2)3)6-7-16(22)24-4/h1,6-7,9,11,15,17H,8,12H2,2-4H3/t15-,17-/m0/s1. The minimum Gasteiger partial charge on any atom is -0.466 e. The summed E-state index contributed by atoms with van der Waals surface area (Å²) < 4.78 is 11.6. The zero-order valence-electron chi connectivity index (χ0n) is 14.5. The van der Waals surface area contributed by atoms with Crippen LogP contribution in [0.15, 0.2) is 24.4 Å². The van der Waals surface area contributed by atoms with Gasteiger partial charge in [-0.1, -0.05) is 25.8 Å². The smallest absolute Gasteiger partial charge is 0.330 e. The van der Waals surface area contributed by atoms with Crippen LogP contribution in [0, 0.1) is 40.9 Å². The SMILES string of the molecule is C#CCn1cc(COC(=O)[C@@H]2[C@H](C=CC(=O)OC)C2(C)C)cc1C#N. The van der Waals surface area contributed by atoms with Crippen molar-refractivity contribution in [3.05, 3.63) is 35.7 Å². The summed E-state index contributed by atoms with van der Waals surface area (Å²) in [6.45, 7) is 4.25. The molecule has 1 saturated carbocycles. The Labute approximate surface area is 147 Å². The third-order valence-corrected chi connectivity index (χ3v) is 4.52. The molecule has 0 bridgehead atoms. The number of methoxy groups -OCH3 is 1. The summed E-state index contributed by atoms with van der Waals surface area (Å²) in [5, 5.41) is 9.07. The minimum atomic E-state index is -0.450. The molecule has 1 aromatic heterocycles. The van der Waals surface area contributed by atoms with Gasteiger partial charge in [0, 0.05) is 17.8 Å². The van der Waals surface area contributed by atoms with Gasteiger partial charge in [0.05, 0.1) is 19.6 Å². The molecule has 2 rings (SSSR count). The van der Waals surface area contributed by atoms with Crippen LogP contribution in [-0.4, -0.2) is 23.6 Å². The number of nitrogens with zero attached hydrogens (tertiary/aromatic N) is 2. The first-order chi connectivity index (χ1) is 11.8. The van der Waals surface area contributed by atoms with Crippen LogP contribution in [-0.2, 0) is 32.2 Å². The molecule has 0 radical (unpaired) electrons. The molecule has 1 aliphatic rings. The van der Waals surface area contributed by atoms with Gasteiger partial charge in [0.2, 0.25) is 0 Å². The summed E-state index contributed by atoms with van der Waals surface area (Å²) in [6, 6.07) is 3.70. The van der Waals surface area contributed by atoms with E-state index in [1.807, 2.05) is 13.8 Å². The molecule has 1 heterocycles. The van der Waals surface area contributed by atoms with E-state index in [2.05, 4.69) is 16.7 Å². The Balaban J connectivity index is 1.97. The highest BCUT2D eigenvalue weighted by molar-refractivity contribution is 5.83. The lowest BCUT2D eigenvalue weighted by atomic mass is 10.1. The van der Waals surface area contributed by atoms with E-state index >= 15 is 0 Å². The molecule has 0 N–H and O–H groups in total. The van der Waals surface area contributed by atoms with Crippen molar-refractivity contribution in [2.45, 2.75) is 27.0 Å². The van der Waals surface area contributed by atoms with Gasteiger partial charge in [0.1, 0.15) is 18.4 Å². The number of terminal acetylenes is 1. The Morgan fingerprint density at radius 3 is 2.80 bits per heavy atom. The zero-order valence-corrected chi connectivity index (χ0v) is 14.5. The highest BCUT2D eigenvalue weighted by Crippen LogP contribution is 2.59. The van der Waals surface area contributed by atoms with Gasteiger partial charge >= 0.3 is 11.9 Å². The van der Waals surface area contributed by atoms with E-state index in [0.717, 1.165) is 0 Å². The number of nitriles is 1. The number of rotatable bonds is 6. The Morgan fingerprint density at radius 2 is 2.20 bits per heavy atom. The number of carbonyl (C=O) groups is 2. The molecular weight excluding hydrogens is 320 g/mol. The third kappa shape index (κ3) is 3.92. The first-order valence-corrected chi connectivity index (χ1v) is 7.80. The fourth-order valence-electron chi connectivity index (χ4n) is 2.95. The van der Waals surface area contributed by atoms with Crippen LogP contribution in [0.25, 0.3) is 0 Å². The van der Waals surface area contributed by atoms with Crippen molar-refractivity contribution >= 4 is 11.9 Å². The Hall–Kier alpha value is -2.99. The molecule has 130 valence electrons. The van der Waals surface area contributed by atoms with E-state index in [4.69, 9.17) is 16.4 Å². The molecule has 25 heavy (non-hydrogen) atoms. The molecule has 1 fully saturated rings. The Kier molecular flexibility index (Phi) is 5.34. The molecule has 0 unspecified atom stereocenters. The first kappa shape index (κ1) is 18.4. The maximum Gasteiger partial charge on any atom is 0.330 e. The lowest BCUT2D eigenvalue weighted by Gasteiger charge is -2.04. The molecule has 0 aliphatic heterocycles. The van der Waals surface area contributed by atoms with Crippen molar-refractivity contribution in [1.29, 1.82) is 5.26 Å². The van der Waals surface area contributed by atoms with Crippen LogP contribution in [0.1, 0.15) is 25.1 Å². The monoisotopic (exact) mass is 340 g/mol. The number of aromatic nitrogens is 1. The van der Waals surface area contributed by atoms with Crippen LogP contribution in [0.4, 0.5) is 0 Å². The van der Waals surface area contributed by atoms with Gasteiger partial charge in [0.25, 0.3) is 0 Å².